The SMILES string of the molecule is CCN(CC)C(=O)CCCN1CC(O)CC1C(=O)OC. The standard InChI is InChI=1S/C14H26N2O4/c1-4-15(5-2)13(18)7-6-8-16-10-11(17)9-12(16)14(19)20-3/h11-12,17H,4-10H2,1-3H3. The Morgan fingerprint density at radius 1 is 1.35 bits per heavy atom. The maximum Gasteiger partial charge on any atom is 0.323 e. The first kappa shape index (κ1) is 16.9. The second kappa shape index (κ2) is 8.21. The summed E-state index contributed by atoms with van der Waals surface area (Å²) in [6, 6.07) is -0.376. The molecule has 1 aliphatic heterocycles. The lowest BCUT2D eigenvalue weighted by Crippen LogP contribution is -2.38. The van der Waals surface area contributed by atoms with Gasteiger partial charge in [-0.15, -0.1) is 0 Å². The molecular weight excluding hydrogens is 260 g/mol. The van der Waals surface area contributed by atoms with Crippen LogP contribution in [0.25, 0.3) is 0 Å². The van der Waals surface area contributed by atoms with Crippen molar-refractivity contribution in [3.05, 3.63) is 0 Å². The first-order chi connectivity index (χ1) is 9.53. The van der Waals surface area contributed by atoms with E-state index in [9.17, 15) is 14.7 Å². The number of methoxy groups -OCH3 is 1. The van der Waals surface area contributed by atoms with Crippen LogP contribution in [0.3, 0.4) is 0 Å². The molecule has 0 aromatic carbocycles. The van der Waals surface area contributed by atoms with Crippen LogP contribution in [0.15, 0.2) is 0 Å². The Labute approximate surface area is 120 Å². The Morgan fingerprint density at radius 3 is 2.55 bits per heavy atom. The molecule has 2 unspecified atom stereocenters. The van der Waals surface area contributed by atoms with Gasteiger partial charge >= 0.3 is 5.97 Å². The van der Waals surface area contributed by atoms with E-state index in [0.29, 0.717) is 32.4 Å². The third kappa shape index (κ3) is 4.45. The number of carbonyl (C=O) groups is 2. The third-order valence-corrected chi connectivity index (χ3v) is 3.81. The minimum Gasteiger partial charge on any atom is -0.468 e. The van der Waals surface area contributed by atoms with Gasteiger partial charge in [-0.05, 0) is 26.8 Å². The Kier molecular flexibility index (Phi) is 6.95. The summed E-state index contributed by atoms with van der Waals surface area (Å²) in [5.74, 6) is -0.166. The fraction of sp³-hybridized carbons (Fsp3) is 0.857. The minimum absolute atomic E-state index is 0.143. The van der Waals surface area contributed by atoms with E-state index in [0.717, 1.165) is 13.1 Å². The van der Waals surface area contributed by atoms with Crippen molar-refractivity contribution >= 4 is 11.9 Å². The number of esters is 1. The van der Waals surface area contributed by atoms with Gasteiger partial charge in [0.2, 0.25) is 5.91 Å². The number of aliphatic hydroxyl groups excluding tert-OH is 1. The van der Waals surface area contributed by atoms with Crippen LogP contribution in [-0.2, 0) is 14.3 Å². The smallest absolute Gasteiger partial charge is 0.323 e. The van der Waals surface area contributed by atoms with Crippen LogP contribution in [-0.4, -0.2) is 72.2 Å². The molecule has 0 aromatic heterocycles. The molecule has 1 amide bonds. The van der Waals surface area contributed by atoms with Gasteiger partial charge in [0.1, 0.15) is 6.04 Å². The van der Waals surface area contributed by atoms with Gasteiger partial charge in [-0.2, -0.15) is 0 Å². The maximum absolute atomic E-state index is 11.9. The van der Waals surface area contributed by atoms with E-state index >= 15 is 0 Å². The van der Waals surface area contributed by atoms with E-state index in [2.05, 4.69) is 0 Å². The monoisotopic (exact) mass is 286 g/mol. The topological polar surface area (TPSA) is 70.1 Å². The number of hydrogen-bond acceptors (Lipinski definition) is 5. The molecule has 20 heavy (non-hydrogen) atoms. The first-order valence-electron chi connectivity index (χ1n) is 7.31. The molecule has 0 spiro atoms. The van der Waals surface area contributed by atoms with Gasteiger partial charge in [0, 0.05) is 32.5 Å². The molecule has 1 N–H and O–H groups in total. The molecule has 1 saturated heterocycles. The van der Waals surface area contributed by atoms with Gasteiger partial charge in [0.05, 0.1) is 13.2 Å². The van der Waals surface area contributed by atoms with Crippen molar-refractivity contribution in [3.8, 4) is 0 Å². The Balaban J connectivity index is 2.40. The largest absolute Gasteiger partial charge is 0.468 e. The zero-order valence-electron chi connectivity index (χ0n) is 12.7. The van der Waals surface area contributed by atoms with Crippen molar-refractivity contribution in [2.75, 3.05) is 33.3 Å². The number of hydrogen-bond donors (Lipinski definition) is 1. The summed E-state index contributed by atoms with van der Waals surface area (Å²) < 4.78 is 4.75. The van der Waals surface area contributed by atoms with Crippen LogP contribution in [0.5, 0.6) is 0 Å². The second-order valence-electron chi connectivity index (χ2n) is 5.09. The number of β-amino-alcohol motifs (C(OH)–C–C–N with tert-alkyl or cyclic N) is 1. The van der Waals surface area contributed by atoms with E-state index in [1.165, 1.54) is 7.11 Å². The summed E-state index contributed by atoms with van der Waals surface area (Å²) in [5.41, 5.74) is 0. The Bertz CT molecular complexity index is 331. The molecule has 1 heterocycles. The predicted molar refractivity (Wildman–Crippen MR) is 75.2 cm³/mol. The number of nitrogens with zero attached hydrogens (tertiary/aromatic N) is 2. The zero-order chi connectivity index (χ0) is 15.1. The number of carbonyl (C=O) groups excluding carboxylic acids is 2. The highest BCUT2D eigenvalue weighted by molar-refractivity contribution is 5.76. The molecule has 0 aliphatic carbocycles. The Morgan fingerprint density at radius 2 is 2.00 bits per heavy atom. The molecule has 0 bridgehead atoms. The average Bonchev–Trinajstić information content (AvgIpc) is 2.80. The molecule has 1 rings (SSSR count). The molecule has 0 saturated carbocycles. The zero-order valence-corrected chi connectivity index (χ0v) is 12.7. The number of rotatable bonds is 7. The quantitative estimate of drug-likeness (QED) is 0.679. The van der Waals surface area contributed by atoms with Gasteiger partial charge in [-0.3, -0.25) is 14.5 Å². The predicted octanol–water partition coefficient (Wildman–Crippen LogP) is 0.243. The van der Waals surface area contributed by atoms with Gasteiger partial charge in [-0.25, -0.2) is 0 Å². The van der Waals surface area contributed by atoms with Crippen molar-refractivity contribution in [2.45, 2.75) is 45.3 Å². The van der Waals surface area contributed by atoms with Crippen molar-refractivity contribution in [1.82, 2.24) is 9.80 Å². The van der Waals surface area contributed by atoms with Gasteiger partial charge in [-0.1, -0.05) is 0 Å². The molecule has 1 aliphatic rings. The highest BCUT2D eigenvalue weighted by atomic mass is 16.5. The molecule has 116 valence electrons. The van der Waals surface area contributed by atoms with Gasteiger partial charge < -0.3 is 14.7 Å². The van der Waals surface area contributed by atoms with Gasteiger partial charge in [0.25, 0.3) is 0 Å². The van der Waals surface area contributed by atoms with Crippen molar-refractivity contribution < 1.29 is 19.4 Å². The lowest BCUT2D eigenvalue weighted by atomic mass is 10.2. The van der Waals surface area contributed by atoms with Crippen LogP contribution >= 0.6 is 0 Å². The fourth-order valence-corrected chi connectivity index (χ4v) is 2.68. The van der Waals surface area contributed by atoms with E-state index in [4.69, 9.17) is 4.74 Å². The third-order valence-electron chi connectivity index (χ3n) is 3.81. The average molecular weight is 286 g/mol. The summed E-state index contributed by atoms with van der Waals surface area (Å²) in [6.45, 7) is 6.48. The molecule has 2 atom stereocenters. The number of likely N-dealkylation sites (tertiary alicyclic amines) is 1. The summed E-state index contributed by atoms with van der Waals surface area (Å²) in [4.78, 5) is 27.2. The lowest BCUT2D eigenvalue weighted by molar-refractivity contribution is -0.145. The van der Waals surface area contributed by atoms with Crippen molar-refractivity contribution in [1.29, 1.82) is 0 Å². The van der Waals surface area contributed by atoms with Crippen LogP contribution < -0.4 is 0 Å². The normalized spacial score (nSPS) is 22.8. The molecule has 6 heteroatoms. The van der Waals surface area contributed by atoms with Crippen molar-refractivity contribution in [2.24, 2.45) is 0 Å². The fourth-order valence-electron chi connectivity index (χ4n) is 2.68. The van der Waals surface area contributed by atoms with Crippen LogP contribution in [0, 0.1) is 0 Å². The second-order valence-corrected chi connectivity index (χ2v) is 5.09. The van der Waals surface area contributed by atoms with E-state index in [-0.39, 0.29) is 17.9 Å². The van der Waals surface area contributed by atoms with Crippen LogP contribution in [0.4, 0.5) is 0 Å². The van der Waals surface area contributed by atoms with Gasteiger partial charge in [0.15, 0.2) is 0 Å². The number of amides is 1. The van der Waals surface area contributed by atoms with Crippen LogP contribution in [0.1, 0.15) is 33.1 Å². The van der Waals surface area contributed by atoms with E-state index in [1.807, 2.05) is 18.7 Å². The highest BCUT2D eigenvalue weighted by Gasteiger charge is 2.36. The van der Waals surface area contributed by atoms with E-state index < -0.39 is 6.10 Å². The summed E-state index contributed by atoms with van der Waals surface area (Å²) in [5, 5.41) is 9.66. The highest BCUT2D eigenvalue weighted by Crippen LogP contribution is 2.19. The summed E-state index contributed by atoms with van der Waals surface area (Å²) >= 11 is 0. The lowest BCUT2D eigenvalue weighted by Gasteiger charge is -2.23. The number of aliphatic hydroxyl groups is 1. The van der Waals surface area contributed by atoms with Crippen molar-refractivity contribution in [3.63, 3.8) is 0 Å². The molecule has 0 aromatic rings. The number of ether oxygens (including phenoxy) is 1. The van der Waals surface area contributed by atoms with Crippen LogP contribution in [0.2, 0.25) is 0 Å². The Hall–Kier alpha value is -1.14. The molecule has 6 nitrogen and oxygen atoms in total. The molecule has 1 fully saturated rings. The maximum atomic E-state index is 11.9. The first-order valence-corrected chi connectivity index (χ1v) is 7.31. The molecule has 0 radical (unpaired) electrons. The summed E-state index contributed by atoms with van der Waals surface area (Å²) in [6.07, 6.45) is 1.09. The van der Waals surface area contributed by atoms with E-state index in [1.54, 1.807) is 4.90 Å². The molecular formula is C14H26N2O4. The minimum atomic E-state index is -0.488. The summed E-state index contributed by atoms with van der Waals surface area (Å²) in [7, 11) is 1.36.